The molecule has 5 aliphatic rings. The van der Waals surface area contributed by atoms with Gasteiger partial charge in [-0.25, -0.2) is 4.98 Å². The van der Waals surface area contributed by atoms with Crippen LogP contribution in [0.25, 0.3) is 11.3 Å². The second kappa shape index (κ2) is 9.46. The first kappa shape index (κ1) is 29.1. The second-order valence-electron chi connectivity index (χ2n) is 16.7. The molecule has 1 heterocycles. The number of allylic oxidation sites excluding steroid dienone is 2. The molecule has 42 heavy (non-hydrogen) atoms. The summed E-state index contributed by atoms with van der Waals surface area (Å²) in [4.78, 5) is 5.06. The maximum Gasteiger partial charge on any atom is 0.205 e. The highest BCUT2D eigenvalue weighted by Crippen LogP contribution is 2.76. The fourth-order valence-electron chi connectivity index (χ4n) is 12.2. The van der Waals surface area contributed by atoms with Gasteiger partial charge in [-0.15, -0.1) is 0 Å². The Labute approximate surface area is 258 Å². The molecule has 4 heteroatoms. The number of hydrogen-bond acceptors (Lipinski definition) is 3. The van der Waals surface area contributed by atoms with Gasteiger partial charge in [0.25, 0.3) is 0 Å². The van der Waals surface area contributed by atoms with Crippen molar-refractivity contribution in [2.24, 2.45) is 45.3 Å². The van der Waals surface area contributed by atoms with Gasteiger partial charge in [-0.2, -0.15) is 0 Å². The van der Waals surface area contributed by atoms with Crippen molar-refractivity contribution in [1.82, 2.24) is 4.98 Å². The second-order valence-corrected chi connectivity index (χ2v) is 17.1. The summed E-state index contributed by atoms with van der Waals surface area (Å²) in [7, 11) is 0. The molecule has 0 aliphatic heterocycles. The monoisotopic (exact) mass is 589 g/mol. The minimum atomic E-state index is -0.169. The van der Waals surface area contributed by atoms with Crippen molar-refractivity contribution >= 4 is 11.6 Å². The minimum absolute atomic E-state index is 0.000650. The fourth-order valence-corrected chi connectivity index (χ4v) is 12.4. The molecule has 7 rings (SSSR count). The molecule has 2 aromatic rings. The molecule has 0 amide bonds. The van der Waals surface area contributed by atoms with Gasteiger partial charge in [-0.3, -0.25) is 0 Å². The van der Waals surface area contributed by atoms with Crippen LogP contribution < -0.4 is 0 Å². The quantitative estimate of drug-likeness (QED) is 0.362. The number of rotatable bonds is 3. The van der Waals surface area contributed by atoms with Crippen molar-refractivity contribution in [2.75, 3.05) is 0 Å². The molecule has 0 radical (unpaired) electrons. The molecule has 0 saturated heterocycles. The van der Waals surface area contributed by atoms with Crippen molar-refractivity contribution in [3.63, 3.8) is 0 Å². The third-order valence-electron chi connectivity index (χ3n) is 14.7. The highest BCUT2D eigenvalue weighted by Gasteiger charge is 2.70. The van der Waals surface area contributed by atoms with Gasteiger partial charge in [0.1, 0.15) is 0 Å². The molecule has 1 aromatic heterocycles. The third-order valence-corrected chi connectivity index (χ3v) is 14.9. The molecule has 228 valence electrons. The maximum absolute atomic E-state index is 11.1. The topological polar surface area (TPSA) is 46.3 Å². The number of aromatic nitrogens is 1. The summed E-state index contributed by atoms with van der Waals surface area (Å²) in [6, 6.07) is 7.95. The predicted octanol–water partition coefficient (Wildman–Crippen LogP) is 10.4. The van der Waals surface area contributed by atoms with Gasteiger partial charge in [0.2, 0.25) is 5.89 Å². The Morgan fingerprint density at radius 1 is 0.857 bits per heavy atom. The highest BCUT2D eigenvalue weighted by atomic mass is 35.5. The number of benzene rings is 1. The van der Waals surface area contributed by atoms with E-state index < -0.39 is 0 Å². The van der Waals surface area contributed by atoms with Crippen LogP contribution in [0, 0.1) is 45.3 Å². The van der Waals surface area contributed by atoms with E-state index in [-0.39, 0.29) is 22.3 Å². The Morgan fingerprint density at radius 2 is 1.60 bits per heavy atom. The minimum Gasteiger partial charge on any atom is -0.440 e. The lowest BCUT2D eigenvalue weighted by Gasteiger charge is -2.72. The molecular formula is C38H52ClNO2. The van der Waals surface area contributed by atoms with Gasteiger partial charge in [0.05, 0.1) is 17.7 Å². The normalized spacial score (nSPS) is 42.6. The van der Waals surface area contributed by atoms with E-state index in [9.17, 15) is 5.11 Å². The summed E-state index contributed by atoms with van der Waals surface area (Å²) in [5.41, 5.74) is 5.26. The van der Waals surface area contributed by atoms with E-state index >= 15 is 0 Å². The molecule has 1 N–H and O–H groups in total. The number of halogens is 1. The molecule has 8 atom stereocenters. The lowest BCUT2D eigenvalue weighted by molar-refractivity contribution is -0.227. The van der Waals surface area contributed by atoms with Gasteiger partial charge in [-0.1, -0.05) is 71.2 Å². The Balaban J connectivity index is 1.29. The zero-order chi connectivity index (χ0) is 29.9. The Hall–Kier alpha value is -1.58. The molecule has 5 aliphatic carbocycles. The lowest BCUT2D eigenvalue weighted by atomic mass is 9.33. The summed E-state index contributed by atoms with van der Waals surface area (Å²) in [5.74, 6) is 4.25. The van der Waals surface area contributed by atoms with Crippen LogP contribution in [-0.2, 0) is 5.41 Å². The average Bonchev–Trinajstić information content (AvgIpc) is 3.58. The number of hydrogen-bond donors (Lipinski definition) is 1. The summed E-state index contributed by atoms with van der Waals surface area (Å²) in [6.07, 6.45) is 13.7. The van der Waals surface area contributed by atoms with Gasteiger partial charge < -0.3 is 9.52 Å². The number of oxazole rings is 1. The zero-order valence-electron chi connectivity index (χ0n) is 27.0. The number of nitrogens with zero attached hydrogens (tertiary/aromatic N) is 1. The number of aliphatic hydroxyl groups is 1. The summed E-state index contributed by atoms with van der Waals surface area (Å²) < 4.78 is 6.73. The summed E-state index contributed by atoms with van der Waals surface area (Å²) >= 11 is 6.18. The molecule has 4 fully saturated rings. The van der Waals surface area contributed by atoms with Crippen LogP contribution in [0.5, 0.6) is 0 Å². The van der Waals surface area contributed by atoms with E-state index in [0.717, 1.165) is 41.5 Å². The van der Waals surface area contributed by atoms with E-state index in [0.29, 0.717) is 34.5 Å². The largest absolute Gasteiger partial charge is 0.440 e. The fraction of sp³-hybridized carbons (Fsp3) is 0.711. The first-order chi connectivity index (χ1) is 19.8. The smallest absolute Gasteiger partial charge is 0.205 e. The molecule has 4 saturated carbocycles. The summed E-state index contributed by atoms with van der Waals surface area (Å²) in [5, 5.41) is 11.8. The third kappa shape index (κ3) is 3.71. The van der Waals surface area contributed by atoms with E-state index in [2.05, 4.69) is 48.5 Å². The molecule has 0 bridgehead atoms. The van der Waals surface area contributed by atoms with Gasteiger partial charge in [-0.05, 0) is 134 Å². The molecular weight excluding hydrogens is 538 g/mol. The predicted molar refractivity (Wildman–Crippen MR) is 171 cm³/mol. The SMILES string of the molecule is CC(C)C1=C2[C@H]3CC[C@@H]4[C@@]5(C)CC[C@H](O)C(C)(C)[C@@H]5CC[C@@]4(C)[C@]3(C)CC[C@@]2(c2ncc(-c3ccc(Cl)cc3)o2)CC1. The van der Waals surface area contributed by atoms with Gasteiger partial charge in [0.15, 0.2) is 5.76 Å². The highest BCUT2D eigenvalue weighted by molar-refractivity contribution is 6.30. The van der Waals surface area contributed by atoms with Crippen molar-refractivity contribution in [3.05, 3.63) is 52.5 Å². The number of fused-ring (bicyclic) bond motifs is 7. The molecule has 3 nitrogen and oxygen atoms in total. The first-order valence-electron chi connectivity index (χ1n) is 16.9. The van der Waals surface area contributed by atoms with Crippen LogP contribution in [0.4, 0.5) is 0 Å². The van der Waals surface area contributed by atoms with Gasteiger partial charge in [0, 0.05) is 10.6 Å². The van der Waals surface area contributed by atoms with E-state index in [1.807, 2.05) is 30.5 Å². The Bertz CT molecular complexity index is 1400. The van der Waals surface area contributed by atoms with E-state index in [4.69, 9.17) is 21.0 Å². The Kier molecular flexibility index (Phi) is 6.57. The van der Waals surface area contributed by atoms with Crippen LogP contribution in [0.2, 0.25) is 5.02 Å². The van der Waals surface area contributed by atoms with Crippen LogP contribution >= 0.6 is 11.6 Å². The number of aliphatic hydroxyl groups excluding tert-OH is 1. The van der Waals surface area contributed by atoms with Gasteiger partial charge >= 0.3 is 0 Å². The van der Waals surface area contributed by atoms with Crippen molar-refractivity contribution < 1.29 is 9.52 Å². The standard InChI is InChI=1S/C38H52ClNO2/c1-23(2)26-14-19-38(33-40-22-28(42-33)24-8-10-25(39)11-9-24)21-20-36(6)27(32(26)38)12-13-30-35(5)17-16-31(41)34(3,4)29(35)15-18-37(30,36)7/h8-11,22-23,27,29-31,41H,12-21H2,1-7H3/t27-,29+,30-,31+,35+,36-,37-,38+/m1/s1. The van der Waals surface area contributed by atoms with Crippen LogP contribution in [0.15, 0.2) is 46.0 Å². The van der Waals surface area contributed by atoms with Crippen molar-refractivity contribution in [1.29, 1.82) is 0 Å². The maximum atomic E-state index is 11.1. The zero-order valence-corrected chi connectivity index (χ0v) is 27.8. The first-order valence-corrected chi connectivity index (χ1v) is 17.3. The Morgan fingerprint density at radius 3 is 2.31 bits per heavy atom. The molecule has 0 spiro atoms. The van der Waals surface area contributed by atoms with E-state index in [1.54, 1.807) is 11.1 Å². The molecule has 1 aromatic carbocycles. The van der Waals surface area contributed by atoms with Crippen LogP contribution in [0.3, 0.4) is 0 Å². The molecule has 0 unspecified atom stereocenters. The average molecular weight is 590 g/mol. The van der Waals surface area contributed by atoms with Crippen molar-refractivity contribution in [3.8, 4) is 11.3 Å². The summed E-state index contributed by atoms with van der Waals surface area (Å²) in [6.45, 7) is 17.6. The van der Waals surface area contributed by atoms with Crippen molar-refractivity contribution in [2.45, 2.75) is 124 Å². The van der Waals surface area contributed by atoms with Crippen LogP contribution in [-0.4, -0.2) is 16.2 Å². The van der Waals surface area contributed by atoms with Crippen LogP contribution in [0.1, 0.15) is 119 Å². The van der Waals surface area contributed by atoms with E-state index in [1.165, 1.54) is 44.9 Å². The lowest BCUT2D eigenvalue weighted by Crippen LogP contribution is -2.65.